The van der Waals surface area contributed by atoms with Crippen LogP contribution in [0.25, 0.3) is 0 Å². The molecule has 2 amide bonds. The Morgan fingerprint density at radius 1 is 1.09 bits per heavy atom. The Morgan fingerprint density at radius 2 is 1.73 bits per heavy atom. The molecule has 2 aromatic carbocycles. The number of carbonyl (C=O) groups excluding carboxylic acids is 2. The normalized spacial score (nSPS) is 11.5. The van der Waals surface area contributed by atoms with Gasteiger partial charge in [-0.2, -0.15) is 0 Å². The number of primary amides is 1. The number of nitrogens with one attached hydrogen (secondary N) is 1. The molecule has 0 spiro atoms. The van der Waals surface area contributed by atoms with Crippen LogP contribution in [0.5, 0.6) is 0 Å². The molecular weight excluding hydrogens is 304 g/mol. The predicted molar refractivity (Wildman–Crippen MR) is 83.2 cm³/mol. The lowest BCUT2D eigenvalue weighted by Crippen LogP contribution is -2.37. The monoisotopic (exact) mass is 318 g/mol. The van der Waals surface area contributed by atoms with Crippen molar-refractivity contribution in [2.24, 2.45) is 5.73 Å². The van der Waals surface area contributed by atoms with E-state index in [-0.39, 0.29) is 6.61 Å². The highest BCUT2D eigenvalue weighted by molar-refractivity contribution is 6.30. The van der Waals surface area contributed by atoms with E-state index in [1.165, 1.54) is 0 Å². The number of nitrogens with two attached hydrogens (primary N) is 1. The van der Waals surface area contributed by atoms with E-state index < -0.39 is 18.0 Å². The maximum Gasteiger partial charge on any atom is 0.408 e. The van der Waals surface area contributed by atoms with E-state index in [1.54, 1.807) is 24.3 Å². The van der Waals surface area contributed by atoms with Gasteiger partial charge in [0.15, 0.2) is 0 Å². The van der Waals surface area contributed by atoms with Gasteiger partial charge in [-0.25, -0.2) is 4.79 Å². The van der Waals surface area contributed by atoms with Crippen LogP contribution in [0.1, 0.15) is 17.2 Å². The fourth-order valence-electron chi connectivity index (χ4n) is 1.86. The summed E-state index contributed by atoms with van der Waals surface area (Å²) in [6, 6.07) is 14.7. The number of hydrogen-bond donors (Lipinski definition) is 2. The van der Waals surface area contributed by atoms with Gasteiger partial charge in [0.2, 0.25) is 5.91 Å². The third-order valence-electron chi connectivity index (χ3n) is 2.96. The summed E-state index contributed by atoms with van der Waals surface area (Å²) in [5, 5.41) is 2.97. The Morgan fingerprint density at radius 3 is 2.32 bits per heavy atom. The van der Waals surface area contributed by atoms with Gasteiger partial charge in [0, 0.05) is 5.02 Å². The van der Waals surface area contributed by atoms with Gasteiger partial charge in [-0.1, -0.05) is 54.1 Å². The molecule has 0 saturated carbocycles. The van der Waals surface area contributed by atoms with E-state index in [4.69, 9.17) is 22.1 Å². The van der Waals surface area contributed by atoms with Crippen LogP contribution in [0.15, 0.2) is 54.6 Å². The summed E-state index contributed by atoms with van der Waals surface area (Å²) in [5.74, 6) is -0.681. The van der Waals surface area contributed by atoms with Crippen molar-refractivity contribution >= 4 is 23.6 Å². The molecule has 0 unspecified atom stereocenters. The van der Waals surface area contributed by atoms with Gasteiger partial charge in [-0.15, -0.1) is 0 Å². The lowest BCUT2D eigenvalue weighted by molar-refractivity contribution is -0.120. The van der Waals surface area contributed by atoms with Crippen LogP contribution in [0.3, 0.4) is 0 Å². The SMILES string of the molecule is NC(=O)[C@@H](NC(=O)OCc1ccccc1)c1ccc(Cl)cc1. The Bertz CT molecular complexity index is 644. The second-order valence-electron chi connectivity index (χ2n) is 4.59. The molecule has 2 aromatic rings. The summed E-state index contributed by atoms with van der Waals surface area (Å²) < 4.78 is 5.07. The number of ether oxygens (including phenoxy) is 1. The summed E-state index contributed by atoms with van der Waals surface area (Å²) >= 11 is 5.79. The molecule has 0 aliphatic carbocycles. The summed E-state index contributed by atoms with van der Waals surface area (Å²) in [7, 11) is 0. The Kier molecular flexibility index (Phi) is 5.38. The predicted octanol–water partition coefficient (Wildman–Crippen LogP) is 2.79. The zero-order chi connectivity index (χ0) is 15.9. The van der Waals surface area contributed by atoms with Gasteiger partial charge in [-0.05, 0) is 23.3 Å². The molecule has 2 rings (SSSR count). The molecule has 0 saturated heterocycles. The van der Waals surface area contributed by atoms with E-state index >= 15 is 0 Å². The molecule has 0 bridgehead atoms. The zero-order valence-corrected chi connectivity index (χ0v) is 12.4. The second kappa shape index (κ2) is 7.47. The quantitative estimate of drug-likeness (QED) is 0.889. The van der Waals surface area contributed by atoms with Crippen LogP contribution in [-0.4, -0.2) is 12.0 Å². The van der Waals surface area contributed by atoms with Crippen molar-refractivity contribution in [1.29, 1.82) is 0 Å². The van der Waals surface area contributed by atoms with Crippen LogP contribution >= 0.6 is 11.6 Å². The number of amides is 2. The lowest BCUT2D eigenvalue weighted by Gasteiger charge is -2.16. The number of carbonyl (C=O) groups is 2. The number of halogens is 1. The van der Waals surface area contributed by atoms with Crippen molar-refractivity contribution in [3.8, 4) is 0 Å². The minimum atomic E-state index is -0.972. The minimum absolute atomic E-state index is 0.110. The van der Waals surface area contributed by atoms with Gasteiger partial charge in [0.05, 0.1) is 0 Å². The molecule has 22 heavy (non-hydrogen) atoms. The fraction of sp³-hybridized carbons (Fsp3) is 0.125. The first-order valence-corrected chi connectivity index (χ1v) is 6.96. The second-order valence-corrected chi connectivity index (χ2v) is 5.03. The van der Waals surface area contributed by atoms with Crippen LogP contribution in [-0.2, 0) is 16.1 Å². The van der Waals surface area contributed by atoms with E-state index in [9.17, 15) is 9.59 Å². The Labute approximate surface area is 133 Å². The van der Waals surface area contributed by atoms with Gasteiger partial charge in [0.25, 0.3) is 0 Å². The van der Waals surface area contributed by atoms with Gasteiger partial charge < -0.3 is 15.8 Å². The van der Waals surface area contributed by atoms with Crippen LogP contribution in [0.4, 0.5) is 4.79 Å². The molecular formula is C16H15ClN2O3. The van der Waals surface area contributed by atoms with Gasteiger partial charge >= 0.3 is 6.09 Å². The first-order chi connectivity index (χ1) is 10.6. The first-order valence-electron chi connectivity index (χ1n) is 6.58. The van der Waals surface area contributed by atoms with Gasteiger partial charge in [-0.3, -0.25) is 4.79 Å². The number of benzene rings is 2. The molecule has 0 aliphatic heterocycles. The smallest absolute Gasteiger partial charge is 0.408 e. The Hall–Kier alpha value is -2.53. The molecule has 0 aliphatic rings. The highest BCUT2D eigenvalue weighted by atomic mass is 35.5. The highest BCUT2D eigenvalue weighted by Gasteiger charge is 2.20. The molecule has 5 nitrogen and oxygen atoms in total. The third-order valence-corrected chi connectivity index (χ3v) is 3.21. The first kappa shape index (κ1) is 15.9. The number of rotatable bonds is 5. The maximum absolute atomic E-state index is 11.8. The van der Waals surface area contributed by atoms with Crippen molar-refractivity contribution < 1.29 is 14.3 Å². The lowest BCUT2D eigenvalue weighted by atomic mass is 10.1. The average Bonchev–Trinajstić information content (AvgIpc) is 2.52. The largest absolute Gasteiger partial charge is 0.445 e. The van der Waals surface area contributed by atoms with Crippen LogP contribution < -0.4 is 11.1 Å². The average molecular weight is 319 g/mol. The minimum Gasteiger partial charge on any atom is -0.445 e. The molecule has 0 fully saturated rings. The van der Waals surface area contributed by atoms with Crippen molar-refractivity contribution in [2.75, 3.05) is 0 Å². The van der Waals surface area contributed by atoms with Crippen molar-refractivity contribution in [3.63, 3.8) is 0 Å². The van der Waals surface area contributed by atoms with Crippen molar-refractivity contribution in [2.45, 2.75) is 12.6 Å². The maximum atomic E-state index is 11.8. The molecule has 0 heterocycles. The number of hydrogen-bond acceptors (Lipinski definition) is 3. The molecule has 114 valence electrons. The highest BCUT2D eigenvalue weighted by Crippen LogP contribution is 2.16. The summed E-state index contributed by atoms with van der Waals surface area (Å²) in [5.41, 5.74) is 6.70. The Balaban J connectivity index is 1.97. The van der Waals surface area contributed by atoms with Crippen molar-refractivity contribution in [1.82, 2.24) is 5.32 Å². The fourth-order valence-corrected chi connectivity index (χ4v) is 1.98. The topological polar surface area (TPSA) is 81.4 Å². The summed E-state index contributed by atoms with van der Waals surface area (Å²) in [6.07, 6.45) is -0.720. The van der Waals surface area contributed by atoms with E-state index in [0.717, 1.165) is 5.56 Å². The zero-order valence-electron chi connectivity index (χ0n) is 11.7. The molecule has 0 radical (unpaired) electrons. The van der Waals surface area contributed by atoms with Crippen LogP contribution in [0, 0.1) is 0 Å². The molecule has 6 heteroatoms. The van der Waals surface area contributed by atoms with E-state index in [0.29, 0.717) is 10.6 Å². The molecule has 3 N–H and O–H groups in total. The van der Waals surface area contributed by atoms with E-state index in [1.807, 2.05) is 30.3 Å². The van der Waals surface area contributed by atoms with E-state index in [2.05, 4.69) is 5.32 Å². The molecule has 1 atom stereocenters. The van der Waals surface area contributed by atoms with Gasteiger partial charge in [0.1, 0.15) is 12.6 Å². The summed E-state index contributed by atoms with van der Waals surface area (Å²) in [6.45, 7) is 0.110. The summed E-state index contributed by atoms with van der Waals surface area (Å²) in [4.78, 5) is 23.3. The van der Waals surface area contributed by atoms with Crippen LogP contribution in [0.2, 0.25) is 5.02 Å². The third kappa shape index (κ3) is 4.49. The molecule has 0 aromatic heterocycles. The standard InChI is InChI=1S/C16H15ClN2O3/c17-13-8-6-12(7-9-13)14(15(18)20)19-16(21)22-10-11-4-2-1-3-5-11/h1-9,14H,10H2,(H2,18,20)(H,19,21)/t14-/m0/s1. The number of alkyl carbamates (subject to hydrolysis) is 1. The van der Waals surface area contributed by atoms with Crippen molar-refractivity contribution in [3.05, 3.63) is 70.7 Å².